The number of fused-ring (bicyclic) bond motifs is 1. The maximum Gasteiger partial charge on any atom is 0.242 e. The number of carbonyl (C=O) groups is 1. The molecular weight excluding hydrogens is 329 g/mol. The summed E-state index contributed by atoms with van der Waals surface area (Å²) in [7, 11) is 0. The van der Waals surface area contributed by atoms with Crippen LogP contribution in [0.25, 0.3) is 10.9 Å². The molecule has 0 saturated carbocycles. The van der Waals surface area contributed by atoms with E-state index >= 15 is 0 Å². The van der Waals surface area contributed by atoms with Gasteiger partial charge in [-0.15, -0.1) is 0 Å². The minimum atomic E-state index is -0.292. The first-order valence-corrected chi connectivity index (χ1v) is 8.67. The molecule has 4 rings (SSSR count). The van der Waals surface area contributed by atoms with Crippen LogP contribution in [-0.4, -0.2) is 28.2 Å². The van der Waals surface area contributed by atoms with Crippen LogP contribution in [0.1, 0.15) is 24.0 Å². The lowest BCUT2D eigenvalue weighted by atomic mass is 9.99. The number of hydrogen-bond acceptors (Lipinski definition) is 3. The van der Waals surface area contributed by atoms with Gasteiger partial charge >= 0.3 is 0 Å². The Bertz CT molecular complexity index is 977. The monoisotopic (exact) mass is 347 g/mol. The van der Waals surface area contributed by atoms with E-state index < -0.39 is 0 Å². The molecule has 2 heterocycles. The average molecular weight is 347 g/mol. The van der Waals surface area contributed by atoms with Crippen LogP contribution < -0.4 is 0 Å². The summed E-state index contributed by atoms with van der Waals surface area (Å²) in [6.07, 6.45) is 3.66. The molecule has 0 aliphatic carbocycles. The van der Waals surface area contributed by atoms with Gasteiger partial charge in [0.15, 0.2) is 0 Å². The number of para-hydroxylation sites is 1. The van der Waals surface area contributed by atoms with Gasteiger partial charge in [-0.1, -0.05) is 30.3 Å². The third-order valence-corrected chi connectivity index (χ3v) is 4.56. The fraction of sp³-hybridized carbons (Fsp3) is 0.190. The van der Waals surface area contributed by atoms with E-state index in [1.807, 2.05) is 30.3 Å². The average Bonchev–Trinajstić information content (AvgIpc) is 3.07. The number of benzene rings is 2. The van der Waals surface area contributed by atoms with Gasteiger partial charge in [-0.25, -0.2) is 9.40 Å². The van der Waals surface area contributed by atoms with Crippen molar-refractivity contribution in [2.45, 2.75) is 19.3 Å². The van der Waals surface area contributed by atoms with Gasteiger partial charge in [-0.3, -0.25) is 9.78 Å². The van der Waals surface area contributed by atoms with Crippen LogP contribution in [0, 0.1) is 5.82 Å². The molecule has 2 aromatic carbocycles. The van der Waals surface area contributed by atoms with Gasteiger partial charge in [0.05, 0.1) is 11.2 Å². The molecule has 26 heavy (non-hydrogen) atoms. The first-order valence-electron chi connectivity index (χ1n) is 8.67. The van der Waals surface area contributed by atoms with Crippen molar-refractivity contribution in [1.82, 2.24) is 9.99 Å². The summed E-state index contributed by atoms with van der Waals surface area (Å²) < 4.78 is 13.3. The second-order valence-electron chi connectivity index (χ2n) is 6.34. The first-order chi connectivity index (χ1) is 12.7. The summed E-state index contributed by atoms with van der Waals surface area (Å²) in [5.74, 6) is -0.260. The Kier molecular flexibility index (Phi) is 4.44. The van der Waals surface area contributed by atoms with Crippen LogP contribution in [0.15, 0.2) is 65.9 Å². The van der Waals surface area contributed by atoms with Crippen LogP contribution >= 0.6 is 0 Å². The zero-order valence-electron chi connectivity index (χ0n) is 14.2. The standard InChI is InChI=1S/C21H18FN3O/c22-17-9-7-15(8-10-17)20(24-25-13-3-6-21(25)26)14-16-11-12-23-19-5-2-1-4-18(16)19/h1-2,4-5,7-12H,3,6,13-14H2/b24-20+. The second kappa shape index (κ2) is 7.04. The fourth-order valence-corrected chi connectivity index (χ4v) is 3.21. The van der Waals surface area contributed by atoms with Crippen molar-refractivity contribution in [3.63, 3.8) is 0 Å². The van der Waals surface area contributed by atoms with E-state index in [1.165, 1.54) is 17.1 Å². The van der Waals surface area contributed by atoms with E-state index in [0.29, 0.717) is 19.4 Å². The van der Waals surface area contributed by atoms with Crippen LogP contribution in [0.5, 0.6) is 0 Å². The van der Waals surface area contributed by atoms with E-state index in [4.69, 9.17) is 0 Å². The first kappa shape index (κ1) is 16.4. The van der Waals surface area contributed by atoms with Crippen molar-refractivity contribution in [2.24, 2.45) is 5.10 Å². The Morgan fingerprint density at radius 2 is 1.92 bits per heavy atom. The molecule has 1 amide bonds. The van der Waals surface area contributed by atoms with E-state index in [0.717, 1.165) is 34.2 Å². The van der Waals surface area contributed by atoms with Crippen molar-refractivity contribution in [2.75, 3.05) is 6.54 Å². The Hall–Kier alpha value is -3.08. The van der Waals surface area contributed by atoms with Gasteiger partial charge in [0, 0.05) is 31.0 Å². The molecule has 5 heteroatoms. The van der Waals surface area contributed by atoms with Crippen LogP contribution in [0.2, 0.25) is 0 Å². The molecule has 3 aromatic rings. The quantitative estimate of drug-likeness (QED) is 0.671. The maximum absolute atomic E-state index is 13.3. The van der Waals surface area contributed by atoms with Gasteiger partial charge in [0.25, 0.3) is 0 Å². The van der Waals surface area contributed by atoms with Crippen molar-refractivity contribution in [3.05, 3.63) is 77.7 Å². The molecular formula is C21H18FN3O. The fourth-order valence-electron chi connectivity index (χ4n) is 3.21. The Balaban J connectivity index is 1.76. The number of halogens is 1. The number of nitrogens with zero attached hydrogens (tertiary/aromatic N) is 3. The SMILES string of the molecule is O=C1CCCN1/N=C(\Cc1ccnc2ccccc12)c1ccc(F)cc1. The summed E-state index contributed by atoms with van der Waals surface area (Å²) in [6.45, 7) is 0.626. The molecule has 1 aromatic heterocycles. The maximum atomic E-state index is 13.3. The zero-order valence-corrected chi connectivity index (χ0v) is 14.2. The second-order valence-corrected chi connectivity index (χ2v) is 6.34. The van der Waals surface area contributed by atoms with E-state index in [2.05, 4.69) is 10.1 Å². The highest BCUT2D eigenvalue weighted by Gasteiger charge is 2.21. The molecule has 0 radical (unpaired) electrons. The Labute approximate surface area is 151 Å². The summed E-state index contributed by atoms with van der Waals surface area (Å²) in [5, 5.41) is 7.20. The highest BCUT2D eigenvalue weighted by molar-refractivity contribution is 6.04. The smallest absolute Gasteiger partial charge is 0.242 e. The van der Waals surface area contributed by atoms with Crippen molar-refractivity contribution >= 4 is 22.5 Å². The largest absolute Gasteiger partial charge is 0.273 e. The van der Waals surface area contributed by atoms with Crippen molar-refractivity contribution in [1.29, 1.82) is 0 Å². The number of aromatic nitrogens is 1. The van der Waals surface area contributed by atoms with E-state index in [-0.39, 0.29) is 11.7 Å². The summed E-state index contributed by atoms with van der Waals surface area (Å²) >= 11 is 0. The predicted octanol–water partition coefficient (Wildman–Crippen LogP) is 3.94. The van der Waals surface area contributed by atoms with Crippen LogP contribution in [0.3, 0.4) is 0 Å². The molecule has 130 valence electrons. The minimum absolute atomic E-state index is 0.0317. The number of amides is 1. The molecule has 4 nitrogen and oxygen atoms in total. The van der Waals surface area contributed by atoms with Gasteiger partial charge in [0.1, 0.15) is 5.82 Å². The molecule has 1 saturated heterocycles. The molecule has 0 spiro atoms. The lowest BCUT2D eigenvalue weighted by Crippen LogP contribution is -2.22. The Morgan fingerprint density at radius 1 is 1.12 bits per heavy atom. The van der Waals surface area contributed by atoms with Gasteiger partial charge in [-0.2, -0.15) is 5.10 Å². The normalized spacial score (nSPS) is 15.0. The molecule has 0 N–H and O–H groups in total. The molecule has 1 aliphatic heterocycles. The third kappa shape index (κ3) is 3.33. The molecule has 0 bridgehead atoms. The van der Waals surface area contributed by atoms with Gasteiger partial charge in [-0.05, 0) is 41.8 Å². The molecule has 1 aliphatic rings. The number of carbonyl (C=O) groups excluding carboxylic acids is 1. The van der Waals surface area contributed by atoms with Gasteiger partial charge in [0.2, 0.25) is 5.91 Å². The molecule has 0 unspecified atom stereocenters. The van der Waals surface area contributed by atoms with E-state index in [9.17, 15) is 9.18 Å². The molecule has 0 atom stereocenters. The number of pyridine rings is 1. The van der Waals surface area contributed by atoms with Crippen LogP contribution in [-0.2, 0) is 11.2 Å². The number of hydrogen-bond donors (Lipinski definition) is 0. The minimum Gasteiger partial charge on any atom is -0.273 e. The number of hydrazone groups is 1. The zero-order chi connectivity index (χ0) is 17.9. The lowest BCUT2D eigenvalue weighted by molar-refractivity contribution is -0.127. The Morgan fingerprint density at radius 3 is 2.69 bits per heavy atom. The van der Waals surface area contributed by atoms with Crippen LogP contribution in [0.4, 0.5) is 4.39 Å². The highest BCUT2D eigenvalue weighted by Crippen LogP contribution is 2.20. The van der Waals surface area contributed by atoms with Gasteiger partial charge < -0.3 is 0 Å². The highest BCUT2D eigenvalue weighted by atomic mass is 19.1. The topological polar surface area (TPSA) is 45.6 Å². The summed E-state index contributed by atoms with van der Waals surface area (Å²) in [4.78, 5) is 16.4. The van der Waals surface area contributed by atoms with E-state index in [1.54, 1.807) is 18.3 Å². The summed E-state index contributed by atoms with van der Waals surface area (Å²) in [6, 6.07) is 16.1. The molecule has 1 fully saturated rings. The third-order valence-electron chi connectivity index (χ3n) is 4.56. The number of rotatable bonds is 4. The summed E-state index contributed by atoms with van der Waals surface area (Å²) in [5.41, 5.74) is 3.55. The predicted molar refractivity (Wildman–Crippen MR) is 99.3 cm³/mol. The van der Waals surface area contributed by atoms with Crippen molar-refractivity contribution < 1.29 is 9.18 Å². The van der Waals surface area contributed by atoms with Crippen molar-refractivity contribution in [3.8, 4) is 0 Å². The lowest BCUT2D eigenvalue weighted by Gasteiger charge is -2.14.